The third-order valence-corrected chi connectivity index (χ3v) is 3.74. The fraction of sp³-hybridized carbons (Fsp3) is 0.111. The monoisotopic (exact) mass is 309 g/mol. The zero-order valence-corrected chi connectivity index (χ0v) is 12.5. The Morgan fingerprint density at radius 3 is 2.65 bits per heavy atom. The van der Waals surface area contributed by atoms with Crippen LogP contribution in [0.1, 0.15) is 15.9 Å². The SMILES string of the molecule is COc1ccc(C(=O)/C=C2\Cc3c(O)cccc3NC2=O)cc1. The van der Waals surface area contributed by atoms with Crippen LogP contribution in [-0.2, 0) is 11.2 Å². The number of ether oxygens (including phenoxy) is 1. The van der Waals surface area contributed by atoms with Gasteiger partial charge in [-0.1, -0.05) is 6.07 Å². The summed E-state index contributed by atoms with van der Waals surface area (Å²) in [4.78, 5) is 24.4. The maximum atomic E-state index is 12.3. The number of nitrogens with one attached hydrogen (secondary N) is 1. The quantitative estimate of drug-likeness (QED) is 0.675. The van der Waals surface area contributed by atoms with Crippen LogP contribution in [-0.4, -0.2) is 23.9 Å². The van der Waals surface area contributed by atoms with E-state index in [4.69, 9.17) is 4.74 Å². The summed E-state index contributed by atoms with van der Waals surface area (Å²) in [6, 6.07) is 11.6. The Kier molecular flexibility index (Phi) is 3.85. The van der Waals surface area contributed by atoms with Crippen LogP contribution in [0.4, 0.5) is 5.69 Å². The Bertz CT molecular complexity index is 806. The van der Waals surface area contributed by atoms with Crippen LogP contribution in [0.3, 0.4) is 0 Å². The van der Waals surface area contributed by atoms with Crippen LogP contribution >= 0.6 is 0 Å². The molecular formula is C18H15NO4. The Morgan fingerprint density at radius 1 is 1.22 bits per heavy atom. The van der Waals surface area contributed by atoms with Crippen LogP contribution in [0.5, 0.6) is 11.5 Å². The normalized spacial score (nSPS) is 15.0. The van der Waals surface area contributed by atoms with Gasteiger partial charge in [0.15, 0.2) is 5.78 Å². The van der Waals surface area contributed by atoms with Crippen molar-refractivity contribution in [1.82, 2.24) is 0 Å². The van der Waals surface area contributed by atoms with Gasteiger partial charge in [0.25, 0.3) is 5.91 Å². The first-order valence-corrected chi connectivity index (χ1v) is 7.09. The highest BCUT2D eigenvalue weighted by Gasteiger charge is 2.23. The first-order valence-electron chi connectivity index (χ1n) is 7.09. The second kappa shape index (κ2) is 5.96. The van der Waals surface area contributed by atoms with E-state index in [1.54, 1.807) is 49.6 Å². The number of anilines is 1. The number of phenols is 1. The Morgan fingerprint density at radius 2 is 1.96 bits per heavy atom. The molecule has 0 spiro atoms. The standard InChI is InChI=1S/C18H15NO4/c1-23-13-7-5-11(6-8-13)17(21)10-12-9-14-15(19-18(12)22)3-2-4-16(14)20/h2-8,10,20H,9H2,1H3,(H,19,22)/b12-10+. The lowest BCUT2D eigenvalue weighted by Gasteiger charge is -2.19. The number of carbonyl (C=O) groups is 2. The minimum Gasteiger partial charge on any atom is -0.508 e. The van der Waals surface area contributed by atoms with Crippen molar-refractivity contribution in [2.24, 2.45) is 0 Å². The van der Waals surface area contributed by atoms with Gasteiger partial charge < -0.3 is 15.2 Å². The number of methoxy groups -OCH3 is 1. The van der Waals surface area contributed by atoms with Crippen molar-refractivity contribution in [3.05, 3.63) is 65.2 Å². The van der Waals surface area contributed by atoms with E-state index in [9.17, 15) is 14.7 Å². The summed E-state index contributed by atoms with van der Waals surface area (Å²) in [7, 11) is 1.55. The second-order valence-corrected chi connectivity index (χ2v) is 5.20. The molecule has 0 fully saturated rings. The number of carbonyl (C=O) groups excluding carboxylic acids is 2. The second-order valence-electron chi connectivity index (χ2n) is 5.20. The van der Waals surface area contributed by atoms with Gasteiger partial charge in [-0.05, 0) is 42.5 Å². The molecule has 116 valence electrons. The van der Waals surface area contributed by atoms with Gasteiger partial charge in [-0.25, -0.2) is 0 Å². The molecule has 0 bridgehead atoms. The van der Waals surface area contributed by atoms with Gasteiger partial charge in [0.05, 0.1) is 7.11 Å². The predicted molar refractivity (Wildman–Crippen MR) is 85.8 cm³/mol. The maximum absolute atomic E-state index is 12.3. The average Bonchev–Trinajstić information content (AvgIpc) is 2.56. The Hall–Kier alpha value is -3.08. The number of benzene rings is 2. The molecule has 5 heteroatoms. The lowest BCUT2D eigenvalue weighted by molar-refractivity contribution is -0.113. The molecule has 0 aromatic heterocycles. The van der Waals surface area contributed by atoms with E-state index >= 15 is 0 Å². The van der Waals surface area contributed by atoms with E-state index in [1.165, 1.54) is 6.08 Å². The van der Waals surface area contributed by atoms with Crippen molar-refractivity contribution < 1.29 is 19.4 Å². The highest BCUT2D eigenvalue weighted by atomic mass is 16.5. The van der Waals surface area contributed by atoms with Crippen LogP contribution in [0, 0.1) is 0 Å². The summed E-state index contributed by atoms with van der Waals surface area (Å²) in [6.45, 7) is 0. The minimum atomic E-state index is -0.329. The summed E-state index contributed by atoms with van der Waals surface area (Å²) < 4.78 is 5.05. The van der Waals surface area contributed by atoms with Gasteiger partial charge >= 0.3 is 0 Å². The number of ketones is 1. The highest BCUT2D eigenvalue weighted by Crippen LogP contribution is 2.32. The molecule has 1 heterocycles. The van der Waals surface area contributed by atoms with Crippen molar-refractivity contribution >= 4 is 17.4 Å². The van der Waals surface area contributed by atoms with Crippen molar-refractivity contribution in [2.75, 3.05) is 12.4 Å². The summed E-state index contributed by atoms with van der Waals surface area (Å²) in [5.41, 5.74) is 1.97. The van der Waals surface area contributed by atoms with Crippen LogP contribution in [0.15, 0.2) is 54.1 Å². The average molecular weight is 309 g/mol. The van der Waals surface area contributed by atoms with Crippen LogP contribution in [0.2, 0.25) is 0 Å². The van der Waals surface area contributed by atoms with Gasteiger partial charge in [0.2, 0.25) is 0 Å². The van der Waals surface area contributed by atoms with Gasteiger partial charge in [0.1, 0.15) is 11.5 Å². The lowest BCUT2D eigenvalue weighted by Crippen LogP contribution is -2.23. The molecule has 0 radical (unpaired) electrons. The predicted octanol–water partition coefficient (Wildman–Crippen LogP) is 2.70. The largest absolute Gasteiger partial charge is 0.508 e. The van der Waals surface area contributed by atoms with Crippen LogP contribution in [0.25, 0.3) is 0 Å². The highest BCUT2D eigenvalue weighted by molar-refractivity contribution is 6.14. The number of allylic oxidation sites excluding steroid dienone is 1. The molecule has 0 saturated carbocycles. The number of hydrogen-bond acceptors (Lipinski definition) is 4. The molecule has 0 saturated heterocycles. The zero-order valence-electron chi connectivity index (χ0n) is 12.5. The first-order chi connectivity index (χ1) is 11.1. The van der Waals surface area contributed by atoms with Crippen molar-refractivity contribution in [3.8, 4) is 11.5 Å². The number of rotatable bonds is 3. The molecule has 23 heavy (non-hydrogen) atoms. The maximum Gasteiger partial charge on any atom is 0.252 e. The van der Waals surface area contributed by atoms with Crippen molar-refractivity contribution in [3.63, 3.8) is 0 Å². The molecule has 1 aliphatic heterocycles. The molecule has 0 atom stereocenters. The van der Waals surface area contributed by atoms with Gasteiger partial charge in [-0.3, -0.25) is 9.59 Å². The first kappa shape index (κ1) is 14.8. The fourth-order valence-electron chi connectivity index (χ4n) is 2.46. The van der Waals surface area contributed by atoms with E-state index in [-0.39, 0.29) is 23.9 Å². The number of phenolic OH excluding ortho intramolecular Hbond substituents is 1. The molecule has 0 unspecified atom stereocenters. The molecule has 5 nitrogen and oxygen atoms in total. The number of amides is 1. The van der Waals surface area contributed by atoms with Gasteiger partial charge in [-0.2, -0.15) is 0 Å². The molecule has 3 rings (SSSR count). The van der Waals surface area contributed by atoms with E-state index in [1.807, 2.05) is 0 Å². The molecule has 2 N–H and O–H groups in total. The molecule has 0 aliphatic carbocycles. The summed E-state index contributed by atoms with van der Waals surface area (Å²) in [5, 5.41) is 12.6. The van der Waals surface area contributed by atoms with Crippen molar-refractivity contribution in [2.45, 2.75) is 6.42 Å². The molecule has 2 aromatic rings. The number of hydrogen-bond donors (Lipinski definition) is 2. The van der Waals surface area contributed by atoms with Crippen LogP contribution < -0.4 is 10.1 Å². The lowest BCUT2D eigenvalue weighted by atomic mass is 9.95. The molecule has 1 amide bonds. The summed E-state index contributed by atoms with van der Waals surface area (Å²) in [6.07, 6.45) is 1.53. The Balaban J connectivity index is 1.88. The molecule has 1 aliphatic rings. The summed E-state index contributed by atoms with van der Waals surface area (Å²) in [5.74, 6) is 0.162. The molecular weight excluding hydrogens is 294 g/mol. The topological polar surface area (TPSA) is 75.6 Å². The van der Waals surface area contributed by atoms with E-state index in [2.05, 4.69) is 5.32 Å². The number of fused-ring (bicyclic) bond motifs is 1. The third-order valence-electron chi connectivity index (χ3n) is 3.74. The molecule has 2 aromatic carbocycles. The minimum absolute atomic E-state index is 0.102. The fourth-order valence-corrected chi connectivity index (χ4v) is 2.46. The van der Waals surface area contributed by atoms with E-state index in [0.29, 0.717) is 28.1 Å². The van der Waals surface area contributed by atoms with E-state index < -0.39 is 0 Å². The smallest absolute Gasteiger partial charge is 0.252 e. The van der Waals surface area contributed by atoms with Gasteiger partial charge in [-0.15, -0.1) is 0 Å². The zero-order chi connectivity index (χ0) is 16.4. The third kappa shape index (κ3) is 2.94. The Labute approximate surface area is 133 Å². The number of aromatic hydroxyl groups is 1. The van der Waals surface area contributed by atoms with Gasteiger partial charge in [0, 0.05) is 28.8 Å². The van der Waals surface area contributed by atoms with Crippen molar-refractivity contribution in [1.29, 1.82) is 0 Å². The summed E-state index contributed by atoms with van der Waals surface area (Å²) >= 11 is 0. The van der Waals surface area contributed by atoms with E-state index in [0.717, 1.165) is 0 Å².